The normalized spacial score (nSPS) is 15.0. The molecule has 0 aliphatic rings. The number of unbranched alkanes of at least 4 members (excludes halogenated alkanes) is 21. The Labute approximate surface area is 313 Å². The van der Waals surface area contributed by atoms with Crippen LogP contribution in [0.25, 0.3) is 0 Å². The fourth-order valence-corrected chi connectivity index (χ4v) is 6.91. The minimum Gasteiger partial charge on any atom is -0.393 e. The number of allylic oxidation sites excluding steroid dienone is 4. The number of phosphoric ester groups is 1. The second-order valence-electron chi connectivity index (χ2n) is 14.4. The van der Waals surface area contributed by atoms with Gasteiger partial charge >= 0.3 is 7.82 Å². The highest BCUT2D eigenvalue weighted by Gasteiger charge is 2.28. The molecule has 0 heterocycles. The van der Waals surface area contributed by atoms with E-state index in [0.717, 1.165) is 64.2 Å². The van der Waals surface area contributed by atoms with Crippen LogP contribution in [0.4, 0.5) is 0 Å². The van der Waals surface area contributed by atoms with Crippen molar-refractivity contribution in [2.24, 2.45) is 5.73 Å². The molecule has 0 aromatic heterocycles. The first-order valence-electron chi connectivity index (χ1n) is 21.0. The van der Waals surface area contributed by atoms with E-state index in [1.54, 1.807) is 0 Å². The van der Waals surface area contributed by atoms with Crippen molar-refractivity contribution in [1.29, 1.82) is 0 Å². The van der Waals surface area contributed by atoms with E-state index in [2.05, 4.69) is 43.5 Å². The molecule has 302 valence electrons. The summed E-state index contributed by atoms with van der Waals surface area (Å²) in [7, 11) is -4.37. The van der Waals surface area contributed by atoms with Gasteiger partial charge in [-0.3, -0.25) is 13.8 Å². The van der Waals surface area contributed by atoms with Gasteiger partial charge in [0.15, 0.2) is 0 Å². The molecule has 10 heteroatoms. The summed E-state index contributed by atoms with van der Waals surface area (Å²) in [6.07, 6.45) is 37.8. The molecule has 51 heavy (non-hydrogen) atoms. The maximum Gasteiger partial charge on any atom is 0.472 e. The van der Waals surface area contributed by atoms with E-state index < -0.39 is 32.0 Å². The number of carbonyl (C=O) groups excluding carboxylic acids is 1. The molecule has 0 radical (unpaired) electrons. The molecule has 4 unspecified atom stereocenters. The summed E-state index contributed by atoms with van der Waals surface area (Å²) in [6.45, 7) is 4.01. The number of hydrogen-bond acceptors (Lipinski definition) is 7. The number of carbonyl (C=O) groups is 1. The number of aliphatic hydroxyl groups excluding tert-OH is 2. The summed E-state index contributed by atoms with van der Waals surface area (Å²) < 4.78 is 22.1. The average Bonchev–Trinajstić information content (AvgIpc) is 3.10. The summed E-state index contributed by atoms with van der Waals surface area (Å²) in [5.41, 5.74) is 5.36. The van der Waals surface area contributed by atoms with Gasteiger partial charge in [0.05, 0.1) is 37.9 Å². The highest BCUT2D eigenvalue weighted by molar-refractivity contribution is 7.47. The van der Waals surface area contributed by atoms with Crippen molar-refractivity contribution in [3.8, 4) is 0 Å². The quantitative estimate of drug-likeness (QED) is 0.0237. The SMILES string of the molecule is CCCCC/C=C\C/C=C\CCCCCCCC(O)CC(=O)NC(COP(=O)(O)OCCN)C(O)CCCCCCCCCCCCCCCC. The third-order valence-corrected chi connectivity index (χ3v) is 10.3. The van der Waals surface area contributed by atoms with Gasteiger partial charge in [-0.25, -0.2) is 4.57 Å². The first-order valence-corrected chi connectivity index (χ1v) is 22.5. The molecule has 1 amide bonds. The number of rotatable bonds is 39. The number of phosphoric acid groups is 1. The molecule has 4 atom stereocenters. The fraction of sp³-hybridized carbons (Fsp3) is 0.878. The first-order chi connectivity index (χ1) is 24.8. The third-order valence-electron chi connectivity index (χ3n) is 9.36. The Balaban J connectivity index is 4.32. The van der Waals surface area contributed by atoms with Crippen LogP contribution in [0.2, 0.25) is 0 Å². The van der Waals surface area contributed by atoms with Crippen molar-refractivity contribution in [3.63, 3.8) is 0 Å². The summed E-state index contributed by atoms with van der Waals surface area (Å²) in [4.78, 5) is 22.7. The summed E-state index contributed by atoms with van der Waals surface area (Å²) in [5, 5.41) is 24.1. The zero-order valence-electron chi connectivity index (χ0n) is 33.0. The van der Waals surface area contributed by atoms with Crippen LogP contribution >= 0.6 is 7.82 Å². The van der Waals surface area contributed by atoms with E-state index in [0.29, 0.717) is 12.8 Å². The summed E-state index contributed by atoms with van der Waals surface area (Å²) in [5.74, 6) is -0.422. The van der Waals surface area contributed by atoms with Crippen LogP contribution in [-0.4, -0.2) is 59.0 Å². The van der Waals surface area contributed by atoms with Gasteiger partial charge in [-0.2, -0.15) is 0 Å². The van der Waals surface area contributed by atoms with Crippen molar-refractivity contribution in [3.05, 3.63) is 24.3 Å². The highest BCUT2D eigenvalue weighted by Crippen LogP contribution is 2.43. The van der Waals surface area contributed by atoms with Crippen LogP contribution < -0.4 is 11.1 Å². The third kappa shape index (κ3) is 35.7. The van der Waals surface area contributed by atoms with Crippen LogP contribution in [0.5, 0.6) is 0 Å². The summed E-state index contributed by atoms with van der Waals surface area (Å²) >= 11 is 0. The Morgan fingerprint density at radius 3 is 1.65 bits per heavy atom. The second kappa shape index (κ2) is 37.3. The molecule has 0 spiro atoms. The Bertz CT molecular complexity index is 873. The van der Waals surface area contributed by atoms with Gasteiger partial charge in [-0.1, -0.05) is 167 Å². The molecule has 0 saturated carbocycles. The predicted octanol–water partition coefficient (Wildman–Crippen LogP) is 10.4. The van der Waals surface area contributed by atoms with Gasteiger partial charge in [-0.15, -0.1) is 0 Å². The van der Waals surface area contributed by atoms with Crippen LogP contribution in [0.3, 0.4) is 0 Å². The first kappa shape index (κ1) is 49.9. The molecule has 0 aromatic carbocycles. The molecule has 6 N–H and O–H groups in total. The van der Waals surface area contributed by atoms with Crippen molar-refractivity contribution in [1.82, 2.24) is 5.32 Å². The van der Waals surface area contributed by atoms with Gasteiger partial charge in [0, 0.05) is 6.54 Å². The molecule has 0 saturated heterocycles. The molecule has 0 bridgehead atoms. The van der Waals surface area contributed by atoms with Crippen LogP contribution in [-0.2, 0) is 18.4 Å². The Kier molecular flexibility index (Phi) is 36.5. The van der Waals surface area contributed by atoms with Crippen molar-refractivity contribution < 1.29 is 33.5 Å². The van der Waals surface area contributed by atoms with Crippen molar-refractivity contribution in [2.45, 2.75) is 212 Å². The van der Waals surface area contributed by atoms with E-state index >= 15 is 0 Å². The van der Waals surface area contributed by atoms with E-state index in [-0.39, 0.29) is 26.2 Å². The van der Waals surface area contributed by atoms with Gasteiger partial charge in [0.25, 0.3) is 0 Å². The Morgan fingerprint density at radius 2 is 1.12 bits per heavy atom. The molecule has 0 fully saturated rings. The van der Waals surface area contributed by atoms with Crippen molar-refractivity contribution in [2.75, 3.05) is 19.8 Å². The minimum atomic E-state index is -4.37. The molecular formula is C41H81N2O7P. The van der Waals surface area contributed by atoms with Crippen LogP contribution in [0.1, 0.15) is 194 Å². The van der Waals surface area contributed by atoms with Crippen LogP contribution in [0, 0.1) is 0 Å². The molecule has 9 nitrogen and oxygen atoms in total. The van der Waals surface area contributed by atoms with E-state index in [1.807, 2.05) is 0 Å². The maximum absolute atomic E-state index is 12.8. The number of nitrogens with two attached hydrogens (primary N) is 1. The van der Waals surface area contributed by atoms with Gasteiger partial charge in [-0.05, 0) is 44.9 Å². The predicted molar refractivity (Wildman–Crippen MR) is 214 cm³/mol. The molecule has 0 aliphatic heterocycles. The molecule has 0 aliphatic carbocycles. The number of hydrogen-bond donors (Lipinski definition) is 5. The monoisotopic (exact) mass is 745 g/mol. The van der Waals surface area contributed by atoms with Gasteiger partial charge < -0.3 is 26.2 Å². The minimum absolute atomic E-state index is 0.0580. The topological polar surface area (TPSA) is 151 Å². The summed E-state index contributed by atoms with van der Waals surface area (Å²) in [6, 6.07) is -0.899. The Morgan fingerprint density at radius 1 is 0.667 bits per heavy atom. The lowest BCUT2D eigenvalue weighted by Crippen LogP contribution is -2.47. The van der Waals surface area contributed by atoms with Gasteiger partial charge in [0.2, 0.25) is 5.91 Å². The number of nitrogens with one attached hydrogen (secondary N) is 1. The van der Waals surface area contributed by atoms with E-state index in [4.69, 9.17) is 14.8 Å². The maximum atomic E-state index is 12.8. The fourth-order valence-electron chi connectivity index (χ4n) is 6.15. The lowest BCUT2D eigenvalue weighted by molar-refractivity contribution is -0.125. The lowest BCUT2D eigenvalue weighted by Gasteiger charge is -2.25. The number of amides is 1. The largest absolute Gasteiger partial charge is 0.472 e. The zero-order chi connectivity index (χ0) is 37.7. The van der Waals surface area contributed by atoms with Gasteiger partial charge in [0.1, 0.15) is 0 Å². The van der Waals surface area contributed by atoms with Crippen molar-refractivity contribution >= 4 is 13.7 Å². The molecule has 0 rings (SSSR count). The second-order valence-corrected chi connectivity index (χ2v) is 15.8. The Hall–Kier alpha value is -1.06. The zero-order valence-corrected chi connectivity index (χ0v) is 33.9. The standard InChI is InChI=1S/C41H81N2O7P/c1-3-5-7-9-11-13-15-17-19-20-22-24-26-28-30-32-38(44)36-41(46)43-39(37-50-51(47,48)49-35-34-42)40(45)33-31-29-27-25-23-21-18-16-14-12-10-8-6-4-2/h11,13,17,19,38-40,44-45H,3-10,12,14-16,18,20-37,42H2,1-2H3,(H,43,46)(H,47,48)/b13-11-,19-17-. The van der Waals surface area contributed by atoms with Crippen LogP contribution in [0.15, 0.2) is 24.3 Å². The number of aliphatic hydroxyl groups is 2. The smallest absolute Gasteiger partial charge is 0.393 e. The molecular weight excluding hydrogens is 663 g/mol. The molecule has 0 aromatic rings. The average molecular weight is 745 g/mol. The lowest BCUT2D eigenvalue weighted by atomic mass is 10.0. The van der Waals surface area contributed by atoms with E-state index in [9.17, 15) is 24.5 Å². The van der Waals surface area contributed by atoms with E-state index in [1.165, 1.54) is 96.3 Å². The highest BCUT2D eigenvalue weighted by atomic mass is 31.2.